The van der Waals surface area contributed by atoms with E-state index in [1.54, 1.807) is 0 Å². The first kappa shape index (κ1) is 8.52. The number of hydrogen-bond donors (Lipinski definition) is 1. The second-order valence-electron chi connectivity index (χ2n) is 5.16. The Hall–Kier alpha value is -0.0800. The van der Waals surface area contributed by atoms with Crippen molar-refractivity contribution >= 4 is 0 Å². The van der Waals surface area contributed by atoms with Crippen LogP contribution in [-0.2, 0) is 4.74 Å². The predicted molar refractivity (Wildman–Crippen MR) is 49.0 cm³/mol. The molecular formula is C10H19NO. The van der Waals surface area contributed by atoms with Crippen molar-refractivity contribution in [2.24, 2.45) is 17.8 Å². The summed E-state index contributed by atoms with van der Waals surface area (Å²) in [5.41, 5.74) is 0.276. The van der Waals surface area contributed by atoms with E-state index in [1.165, 1.54) is 6.54 Å². The summed E-state index contributed by atoms with van der Waals surface area (Å²) in [5.74, 6) is 2.69. The van der Waals surface area contributed by atoms with Crippen molar-refractivity contribution in [3.8, 4) is 0 Å². The maximum atomic E-state index is 5.34. The van der Waals surface area contributed by atoms with Crippen LogP contribution in [-0.4, -0.2) is 25.3 Å². The fraction of sp³-hybridized carbons (Fsp3) is 1.00. The van der Waals surface area contributed by atoms with E-state index in [0.29, 0.717) is 0 Å². The summed E-state index contributed by atoms with van der Waals surface area (Å²) in [6, 6.07) is 0. The lowest BCUT2D eigenvalue weighted by atomic mass is 10.1. The van der Waals surface area contributed by atoms with E-state index in [4.69, 9.17) is 4.74 Å². The number of hydrogen-bond acceptors (Lipinski definition) is 2. The first-order valence-corrected chi connectivity index (χ1v) is 4.91. The first-order valence-electron chi connectivity index (χ1n) is 4.91. The highest BCUT2D eigenvalue weighted by Gasteiger charge is 2.53. The van der Waals surface area contributed by atoms with Gasteiger partial charge >= 0.3 is 0 Å². The lowest BCUT2D eigenvalue weighted by Gasteiger charge is -2.21. The number of nitrogens with one attached hydrogen (secondary N) is 1. The van der Waals surface area contributed by atoms with Gasteiger partial charge in [0.1, 0.15) is 0 Å². The zero-order valence-electron chi connectivity index (χ0n) is 8.26. The van der Waals surface area contributed by atoms with Crippen LogP contribution < -0.4 is 5.32 Å². The highest BCUT2D eigenvalue weighted by molar-refractivity contribution is 5.01. The molecule has 2 nitrogen and oxygen atoms in total. The van der Waals surface area contributed by atoms with Gasteiger partial charge in [-0.2, -0.15) is 0 Å². The molecule has 0 aromatic carbocycles. The summed E-state index contributed by atoms with van der Waals surface area (Å²) in [7, 11) is 0. The second kappa shape index (κ2) is 2.71. The maximum absolute atomic E-state index is 5.34. The molecule has 1 saturated heterocycles. The molecule has 0 aromatic heterocycles. The molecule has 1 N–H and O–H groups in total. The van der Waals surface area contributed by atoms with Gasteiger partial charge in [-0.3, -0.25) is 0 Å². The van der Waals surface area contributed by atoms with E-state index in [9.17, 15) is 0 Å². The van der Waals surface area contributed by atoms with Crippen molar-refractivity contribution < 1.29 is 4.74 Å². The van der Waals surface area contributed by atoms with Crippen LogP contribution in [0, 0.1) is 17.8 Å². The fourth-order valence-corrected chi connectivity index (χ4v) is 2.09. The van der Waals surface area contributed by atoms with Gasteiger partial charge in [0.15, 0.2) is 0 Å². The Bertz CT molecular complexity index is 163. The molecule has 0 aromatic rings. The van der Waals surface area contributed by atoms with E-state index in [-0.39, 0.29) is 5.54 Å². The number of ether oxygens (including phenoxy) is 1. The van der Waals surface area contributed by atoms with Crippen LogP contribution in [0.2, 0.25) is 0 Å². The summed E-state index contributed by atoms with van der Waals surface area (Å²) in [5, 5.41) is 3.56. The first-order chi connectivity index (χ1) is 5.58. The smallest absolute Gasteiger partial charge is 0.0501 e. The Kier molecular flexibility index (Phi) is 1.92. The van der Waals surface area contributed by atoms with Gasteiger partial charge in [-0.05, 0) is 45.1 Å². The number of fused-ring (bicyclic) bond motifs is 1. The lowest BCUT2D eigenvalue weighted by molar-refractivity contribution is 0.149. The molecule has 0 radical (unpaired) electrons. The van der Waals surface area contributed by atoms with Gasteiger partial charge in [0, 0.05) is 5.54 Å². The fourth-order valence-electron chi connectivity index (χ4n) is 2.09. The van der Waals surface area contributed by atoms with Gasteiger partial charge < -0.3 is 10.1 Å². The SMILES string of the molecule is CC(C)(C)NCC1[C@@H]2COC[C@@H]12. The monoisotopic (exact) mass is 169 g/mol. The highest BCUT2D eigenvalue weighted by Crippen LogP contribution is 2.50. The minimum atomic E-state index is 0.276. The average molecular weight is 169 g/mol. The zero-order chi connectivity index (χ0) is 8.77. The largest absolute Gasteiger partial charge is 0.381 e. The summed E-state index contributed by atoms with van der Waals surface area (Å²) in [6.07, 6.45) is 0. The Labute approximate surface area is 74.7 Å². The Balaban J connectivity index is 1.70. The highest BCUT2D eigenvalue weighted by atomic mass is 16.5. The molecule has 1 saturated carbocycles. The van der Waals surface area contributed by atoms with Crippen LogP contribution >= 0.6 is 0 Å². The predicted octanol–water partition coefficient (Wildman–Crippen LogP) is 1.27. The van der Waals surface area contributed by atoms with Gasteiger partial charge in [-0.25, -0.2) is 0 Å². The summed E-state index contributed by atoms with van der Waals surface area (Å²) < 4.78 is 5.34. The molecule has 2 atom stereocenters. The standard InChI is InChI=1S/C10H19NO/c1-10(2,3)11-4-7-8-5-12-6-9(7)8/h7-9,11H,4-6H2,1-3H3/t8-,9-/m0/s1. The molecule has 70 valence electrons. The molecule has 0 unspecified atom stereocenters. The van der Waals surface area contributed by atoms with Crippen molar-refractivity contribution in [3.63, 3.8) is 0 Å². The molecule has 2 aliphatic rings. The van der Waals surface area contributed by atoms with Gasteiger partial charge in [0.05, 0.1) is 13.2 Å². The third-order valence-corrected chi connectivity index (χ3v) is 3.00. The van der Waals surface area contributed by atoms with Crippen molar-refractivity contribution in [2.45, 2.75) is 26.3 Å². The van der Waals surface area contributed by atoms with Crippen LogP contribution in [0.1, 0.15) is 20.8 Å². The Morgan fingerprint density at radius 2 is 1.83 bits per heavy atom. The van der Waals surface area contributed by atoms with Gasteiger partial charge in [0.2, 0.25) is 0 Å². The molecule has 1 aliphatic carbocycles. The number of rotatable bonds is 2. The van der Waals surface area contributed by atoms with E-state index >= 15 is 0 Å². The summed E-state index contributed by atoms with van der Waals surface area (Å²) >= 11 is 0. The van der Waals surface area contributed by atoms with Crippen molar-refractivity contribution in [3.05, 3.63) is 0 Å². The minimum Gasteiger partial charge on any atom is -0.381 e. The molecular weight excluding hydrogens is 150 g/mol. The molecule has 2 rings (SSSR count). The van der Waals surface area contributed by atoms with Gasteiger partial charge in [0.25, 0.3) is 0 Å². The minimum absolute atomic E-state index is 0.276. The van der Waals surface area contributed by atoms with Crippen LogP contribution in [0.15, 0.2) is 0 Å². The normalized spacial score (nSPS) is 39.8. The van der Waals surface area contributed by atoms with Gasteiger partial charge in [-0.15, -0.1) is 0 Å². The Morgan fingerprint density at radius 3 is 2.33 bits per heavy atom. The third-order valence-electron chi connectivity index (χ3n) is 3.00. The molecule has 0 bridgehead atoms. The Morgan fingerprint density at radius 1 is 1.25 bits per heavy atom. The topological polar surface area (TPSA) is 21.3 Å². The van der Waals surface area contributed by atoms with Crippen LogP contribution in [0.5, 0.6) is 0 Å². The van der Waals surface area contributed by atoms with Crippen molar-refractivity contribution in [2.75, 3.05) is 19.8 Å². The molecule has 0 spiro atoms. The van der Waals surface area contributed by atoms with E-state index in [0.717, 1.165) is 31.0 Å². The molecule has 1 aliphatic heterocycles. The zero-order valence-corrected chi connectivity index (χ0v) is 8.26. The lowest BCUT2D eigenvalue weighted by Crippen LogP contribution is -2.37. The second-order valence-corrected chi connectivity index (χ2v) is 5.16. The van der Waals surface area contributed by atoms with Crippen LogP contribution in [0.4, 0.5) is 0 Å². The third kappa shape index (κ3) is 1.64. The molecule has 12 heavy (non-hydrogen) atoms. The molecule has 2 fully saturated rings. The van der Waals surface area contributed by atoms with Crippen LogP contribution in [0.25, 0.3) is 0 Å². The van der Waals surface area contributed by atoms with Crippen molar-refractivity contribution in [1.82, 2.24) is 5.32 Å². The van der Waals surface area contributed by atoms with Crippen molar-refractivity contribution in [1.29, 1.82) is 0 Å². The maximum Gasteiger partial charge on any atom is 0.0501 e. The molecule has 0 amide bonds. The average Bonchev–Trinajstić information content (AvgIpc) is 2.41. The quantitative estimate of drug-likeness (QED) is 0.672. The summed E-state index contributed by atoms with van der Waals surface area (Å²) in [6.45, 7) is 9.88. The van der Waals surface area contributed by atoms with E-state index in [2.05, 4.69) is 26.1 Å². The summed E-state index contributed by atoms with van der Waals surface area (Å²) in [4.78, 5) is 0. The van der Waals surface area contributed by atoms with E-state index < -0.39 is 0 Å². The molecule has 2 heteroatoms. The van der Waals surface area contributed by atoms with E-state index in [1.807, 2.05) is 0 Å². The molecule has 1 heterocycles. The van der Waals surface area contributed by atoms with Crippen LogP contribution in [0.3, 0.4) is 0 Å². The van der Waals surface area contributed by atoms with Gasteiger partial charge in [-0.1, -0.05) is 0 Å².